The summed E-state index contributed by atoms with van der Waals surface area (Å²) in [6.07, 6.45) is 7.02. The highest BCUT2D eigenvalue weighted by Crippen LogP contribution is 2.42. The molecule has 2 saturated carbocycles. The molecule has 0 amide bonds. The van der Waals surface area contributed by atoms with Gasteiger partial charge in [0, 0.05) is 12.1 Å². The van der Waals surface area contributed by atoms with Crippen LogP contribution in [0.5, 0.6) is 0 Å². The Kier molecular flexibility index (Phi) is 2.72. The molecule has 1 unspecified atom stereocenters. The Morgan fingerprint density at radius 3 is 2.25 bits per heavy atom. The van der Waals surface area contributed by atoms with Crippen molar-refractivity contribution in [3.63, 3.8) is 0 Å². The van der Waals surface area contributed by atoms with Crippen molar-refractivity contribution in [1.29, 1.82) is 0 Å². The van der Waals surface area contributed by atoms with Gasteiger partial charge in [0.1, 0.15) is 0 Å². The van der Waals surface area contributed by atoms with Crippen molar-refractivity contribution in [2.45, 2.75) is 51.1 Å². The highest BCUT2D eigenvalue weighted by molar-refractivity contribution is 5.25. The van der Waals surface area contributed by atoms with E-state index in [1.165, 1.54) is 43.2 Å². The summed E-state index contributed by atoms with van der Waals surface area (Å²) in [6, 6.07) is 10.5. The van der Waals surface area contributed by atoms with Gasteiger partial charge in [-0.1, -0.05) is 36.2 Å². The average molecular weight is 215 g/mol. The van der Waals surface area contributed by atoms with Gasteiger partial charge >= 0.3 is 0 Å². The molecule has 0 radical (unpaired) electrons. The summed E-state index contributed by atoms with van der Waals surface area (Å²) in [5.41, 5.74) is 2.86. The van der Waals surface area contributed by atoms with E-state index in [0.717, 1.165) is 12.0 Å². The maximum atomic E-state index is 3.85. The summed E-state index contributed by atoms with van der Waals surface area (Å²) < 4.78 is 0. The first-order valence-electron chi connectivity index (χ1n) is 6.65. The molecule has 0 spiro atoms. The zero-order chi connectivity index (χ0) is 11.0. The Morgan fingerprint density at radius 2 is 1.75 bits per heavy atom. The fraction of sp³-hybridized carbons (Fsp3) is 0.600. The predicted molar refractivity (Wildman–Crippen MR) is 67.4 cm³/mol. The first-order valence-corrected chi connectivity index (χ1v) is 6.65. The van der Waals surface area contributed by atoms with Crippen LogP contribution in [-0.2, 0) is 0 Å². The number of hydrogen-bond acceptors (Lipinski definition) is 1. The van der Waals surface area contributed by atoms with Crippen LogP contribution in [0.3, 0.4) is 0 Å². The lowest BCUT2D eigenvalue weighted by Crippen LogP contribution is -2.38. The molecule has 3 rings (SSSR count). The van der Waals surface area contributed by atoms with Crippen LogP contribution in [0.1, 0.15) is 49.3 Å². The second-order valence-corrected chi connectivity index (χ2v) is 5.52. The van der Waals surface area contributed by atoms with E-state index < -0.39 is 0 Å². The third kappa shape index (κ3) is 2.15. The van der Waals surface area contributed by atoms with E-state index in [2.05, 4.69) is 36.5 Å². The van der Waals surface area contributed by atoms with Crippen molar-refractivity contribution in [2.24, 2.45) is 5.92 Å². The number of hydrogen-bond donors (Lipinski definition) is 1. The molecule has 0 saturated heterocycles. The van der Waals surface area contributed by atoms with Gasteiger partial charge in [0.05, 0.1) is 0 Å². The molecule has 0 aromatic heterocycles. The summed E-state index contributed by atoms with van der Waals surface area (Å²) >= 11 is 0. The van der Waals surface area contributed by atoms with Crippen molar-refractivity contribution in [1.82, 2.24) is 5.32 Å². The molecule has 1 heteroatoms. The largest absolute Gasteiger partial charge is 0.307 e. The maximum absolute atomic E-state index is 3.85. The Morgan fingerprint density at radius 1 is 1.06 bits per heavy atom. The lowest BCUT2D eigenvalue weighted by molar-refractivity contribution is 0.291. The molecule has 1 nitrogen and oxygen atoms in total. The number of aryl methyl sites for hydroxylation is 1. The van der Waals surface area contributed by atoms with Gasteiger partial charge in [0.15, 0.2) is 0 Å². The summed E-state index contributed by atoms with van der Waals surface area (Å²) in [6.45, 7) is 2.16. The quantitative estimate of drug-likeness (QED) is 0.809. The summed E-state index contributed by atoms with van der Waals surface area (Å²) in [4.78, 5) is 0. The third-order valence-electron chi connectivity index (χ3n) is 4.05. The SMILES string of the molecule is Cc1ccc(C(NC2CCC2)C2CC2)cc1. The van der Waals surface area contributed by atoms with Crippen molar-refractivity contribution in [3.8, 4) is 0 Å². The highest BCUT2D eigenvalue weighted by atomic mass is 15.0. The minimum absolute atomic E-state index is 0.630. The van der Waals surface area contributed by atoms with E-state index in [9.17, 15) is 0 Å². The molecule has 1 N–H and O–H groups in total. The first-order chi connectivity index (χ1) is 7.83. The van der Waals surface area contributed by atoms with Crippen LogP contribution in [0.2, 0.25) is 0 Å². The van der Waals surface area contributed by atoms with Gasteiger partial charge in [-0.15, -0.1) is 0 Å². The molecule has 1 aromatic rings. The second kappa shape index (κ2) is 4.21. The molecule has 16 heavy (non-hydrogen) atoms. The summed E-state index contributed by atoms with van der Waals surface area (Å²) in [5.74, 6) is 0.906. The minimum Gasteiger partial charge on any atom is -0.307 e. The van der Waals surface area contributed by atoms with Crippen LogP contribution in [0, 0.1) is 12.8 Å². The minimum atomic E-state index is 0.630. The van der Waals surface area contributed by atoms with Crippen molar-refractivity contribution < 1.29 is 0 Å². The van der Waals surface area contributed by atoms with Crippen LogP contribution < -0.4 is 5.32 Å². The molecule has 0 bridgehead atoms. The molecule has 0 heterocycles. The second-order valence-electron chi connectivity index (χ2n) is 5.52. The molecule has 1 aromatic carbocycles. The van der Waals surface area contributed by atoms with Crippen molar-refractivity contribution >= 4 is 0 Å². The zero-order valence-electron chi connectivity index (χ0n) is 10.1. The van der Waals surface area contributed by atoms with Gasteiger partial charge in [-0.05, 0) is 44.1 Å². The van der Waals surface area contributed by atoms with Crippen LogP contribution >= 0.6 is 0 Å². The highest BCUT2D eigenvalue weighted by Gasteiger charge is 2.34. The van der Waals surface area contributed by atoms with E-state index in [-0.39, 0.29) is 0 Å². The predicted octanol–water partition coefficient (Wildman–Crippen LogP) is 3.59. The lowest BCUT2D eigenvalue weighted by atomic mass is 9.90. The Balaban J connectivity index is 1.73. The van der Waals surface area contributed by atoms with Crippen molar-refractivity contribution in [2.75, 3.05) is 0 Å². The van der Waals surface area contributed by atoms with E-state index in [0.29, 0.717) is 6.04 Å². The van der Waals surface area contributed by atoms with Gasteiger partial charge in [0.2, 0.25) is 0 Å². The lowest BCUT2D eigenvalue weighted by Gasteiger charge is -2.32. The van der Waals surface area contributed by atoms with Gasteiger partial charge < -0.3 is 5.32 Å². The maximum Gasteiger partial charge on any atom is 0.0351 e. The van der Waals surface area contributed by atoms with Crippen molar-refractivity contribution in [3.05, 3.63) is 35.4 Å². The van der Waals surface area contributed by atoms with E-state index >= 15 is 0 Å². The number of nitrogens with one attached hydrogen (secondary N) is 1. The molecule has 86 valence electrons. The fourth-order valence-electron chi connectivity index (χ4n) is 2.54. The van der Waals surface area contributed by atoms with Gasteiger partial charge in [-0.3, -0.25) is 0 Å². The standard InChI is InChI=1S/C15H21N/c1-11-5-7-12(8-6-11)15(13-9-10-13)16-14-3-2-4-14/h5-8,13-16H,2-4,9-10H2,1H3. The molecular formula is C15H21N. The summed E-state index contributed by atoms with van der Waals surface area (Å²) in [7, 11) is 0. The average Bonchev–Trinajstić information content (AvgIpc) is 3.02. The Bertz CT molecular complexity index is 346. The molecule has 1 atom stereocenters. The van der Waals surface area contributed by atoms with Crippen LogP contribution in [0.15, 0.2) is 24.3 Å². The van der Waals surface area contributed by atoms with E-state index in [4.69, 9.17) is 0 Å². The molecule has 2 aliphatic rings. The zero-order valence-corrected chi connectivity index (χ0v) is 10.1. The smallest absolute Gasteiger partial charge is 0.0351 e. The van der Waals surface area contributed by atoms with Gasteiger partial charge in [-0.2, -0.15) is 0 Å². The van der Waals surface area contributed by atoms with Gasteiger partial charge in [0.25, 0.3) is 0 Å². The summed E-state index contributed by atoms with van der Waals surface area (Å²) in [5, 5.41) is 3.85. The van der Waals surface area contributed by atoms with Crippen LogP contribution in [-0.4, -0.2) is 6.04 Å². The number of rotatable bonds is 4. The fourth-order valence-corrected chi connectivity index (χ4v) is 2.54. The van der Waals surface area contributed by atoms with Crippen LogP contribution in [0.25, 0.3) is 0 Å². The number of benzene rings is 1. The van der Waals surface area contributed by atoms with Gasteiger partial charge in [-0.25, -0.2) is 0 Å². The molecule has 2 aliphatic carbocycles. The molecule has 2 fully saturated rings. The monoisotopic (exact) mass is 215 g/mol. The molecule has 0 aliphatic heterocycles. The normalized spacial score (nSPS) is 22.8. The molecular weight excluding hydrogens is 194 g/mol. The topological polar surface area (TPSA) is 12.0 Å². The Labute approximate surface area is 98.3 Å². The van der Waals surface area contributed by atoms with E-state index in [1.807, 2.05) is 0 Å². The van der Waals surface area contributed by atoms with Crippen LogP contribution in [0.4, 0.5) is 0 Å². The Hall–Kier alpha value is -0.820. The van der Waals surface area contributed by atoms with E-state index in [1.54, 1.807) is 0 Å². The third-order valence-corrected chi connectivity index (χ3v) is 4.05. The first kappa shape index (κ1) is 10.3.